The second kappa shape index (κ2) is 20.8. The van der Waals surface area contributed by atoms with Crippen molar-refractivity contribution in [1.82, 2.24) is 9.80 Å². The summed E-state index contributed by atoms with van der Waals surface area (Å²) in [4.78, 5) is 26.9. The topological polar surface area (TPSA) is 59.1 Å². The van der Waals surface area contributed by atoms with Gasteiger partial charge in [-0.05, 0) is 51.6 Å². The van der Waals surface area contributed by atoms with Crippen molar-refractivity contribution in [3.8, 4) is 0 Å². The maximum atomic E-state index is 11.0. The number of carbonyl (C=O) groups excluding carboxylic acids is 2. The van der Waals surface area contributed by atoms with Gasteiger partial charge in [0.25, 0.3) is 0 Å². The number of hydrogen-bond acceptors (Lipinski definition) is 6. The lowest BCUT2D eigenvalue weighted by Crippen LogP contribution is -2.34. The van der Waals surface area contributed by atoms with Crippen molar-refractivity contribution in [1.29, 1.82) is 0 Å². The predicted molar refractivity (Wildman–Crippen MR) is 131 cm³/mol. The molecule has 2 saturated heterocycles. The molecule has 6 nitrogen and oxygen atoms in total. The zero-order chi connectivity index (χ0) is 23.3. The van der Waals surface area contributed by atoms with Crippen LogP contribution in [0.15, 0.2) is 0 Å². The summed E-state index contributed by atoms with van der Waals surface area (Å²) in [5.41, 5.74) is 0. The molecule has 0 aromatic heterocycles. The first-order valence-corrected chi connectivity index (χ1v) is 13.3. The number of rotatable bonds is 16. The molecule has 0 aromatic rings. The van der Waals surface area contributed by atoms with Gasteiger partial charge in [0.2, 0.25) is 0 Å². The highest BCUT2D eigenvalue weighted by molar-refractivity contribution is 5.79. The van der Waals surface area contributed by atoms with E-state index in [1.54, 1.807) is 0 Å². The van der Waals surface area contributed by atoms with Crippen molar-refractivity contribution in [3.05, 3.63) is 0 Å². The van der Waals surface area contributed by atoms with E-state index >= 15 is 0 Å². The van der Waals surface area contributed by atoms with Crippen LogP contribution in [0.4, 0.5) is 0 Å². The van der Waals surface area contributed by atoms with Crippen LogP contribution in [0.1, 0.15) is 90.9 Å². The maximum absolute atomic E-state index is 11.0. The van der Waals surface area contributed by atoms with Crippen molar-refractivity contribution >= 4 is 11.6 Å². The second-order valence-corrected chi connectivity index (χ2v) is 9.11. The summed E-state index contributed by atoms with van der Waals surface area (Å²) in [6, 6.07) is 0. The number of piperidine rings is 2. The van der Waals surface area contributed by atoms with Crippen LogP contribution < -0.4 is 0 Å². The molecule has 32 heavy (non-hydrogen) atoms. The average molecular weight is 455 g/mol. The van der Waals surface area contributed by atoms with Crippen LogP contribution in [-0.4, -0.2) is 87.1 Å². The molecule has 0 bridgehead atoms. The molecule has 0 N–H and O–H groups in total. The van der Waals surface area contributed by atoms with Crippen LogP contribution in [0.5, 0.6) is 0 Å². The van der Waals surface area contributed by atoms with Crippen LogP contribution in [0.25, 0.3) is 0 Å². The molecule has 2 fully saturated rings. The summed E-state index contributed by atoms with van der Waals surface area (Å²) in [6.07, 6.45) is 12.5. The van der Waals surface area contributed by atoms with E-state index in [0.717, 1.165) is 104 Å². The molecule has 2 heterocycles. The SMILES string of the molecule is CCCCOCCCCN1CCC(=O)CC1.CCCCOCCCCN1CCC(=O)CC1. The lowest BCUT2D eigenvalue weighted by Gasteiger charge is -2.25. The fraction of sp³-hybridized carbons (Fsp3) is 0.923. The van der Waals surface area contributed by atoms with Crippen LogP contribution in [0.3, 0.4) is 0 Å². The first-order valence-electron chi connectivity index (χ1n) is 13.3. The van der Waals surface area contributed by atoms with Gasteiger partial charge in [0.1, 0.15) is 11.6 Å². The van der Waals surface area contributed by atoms with Gasteiger partial charge in [0.15, 0.2) is 0 Å². The number of likely N-dealkylation sites (tertiary alicyclic amines) is 2. The number of ether oxygens (including phenoxy) is 2. The number of carbonyl (C=O) groups is 2. The van der Waals surface area contributed by atoms with Crippen molar-refractivity contribution in [3.63, 3.8) is 0 Å². The molecule has 6 heteroatoms. The summed E-state index contributed by atoms with van der Waals surface area (Å²) in [6.45, 7) is 14.1. The van der Waals surface area contributed by atoms with Crippen molar-refractivity contribution in [2.24, 2.45) is 0 Å². The molecule has 188 valence electrons. The highest BCUT2D eigenvalue weighted by atomic mass is 16.5. The summed E-state index contributed by atoms with van der Waals surface area (Å²) in [5, 5.41) is 0. The minimum atomic E-state index is 0.430. The van der Waals surface area contributed by atoms with Gasteiger partial charge in [-0.3, -0.25) is 9.59 Å². The number of unbranched alkanes of at least 4 members (excludes halogenated alkanes) is 4. The Balaban J connectivity index is 0.000000320. The van der Waals surface area contributed by atoms with Gasteiger partial charge < -0.3 is 19.3 Å². The Hall–Kier alpha value is -0.820. The van der Waals surface area contributed by atoms with Crippen LogP contribution in [0, 0.1) is 0 Å². The average Bonchev–Trinajstić information content (AvgIpc) is 2.81. The normalized spacial score (nSPS) is 17.9. The third-order valence-electron chi connectivity index (χ3n) is 6.14. The van der Waals surface area contributed by atoms with E-state index in [1.165, 1.54) is 38.5 Å². The third kappa shape index (κ3) is 16.8. The number of nitrogens with zero attached hydrogens (tertiary/aromatic N) is 2. The summed E-state index contributed by atoms with van der Waals surface area (Å²) in [5.74, 6) is 0.860. The Bertz CT molecular complexity index is 411. The molecule has 0 atom stereocenters. The Labute approximate surface area is 197 Å². The van der Waals surface area contributed by atoms with Gasteiger partial charge in [-0.25, -0.2) is 0 Å². The Morgan fingerprint density at radius 1 is 0.562 bits per heavy atom. The molecule has 0 spiro atoms. The van der Waals surface area contributed by atoms with Gasteiger partial charge in [0.05, 0.1) is 0 Å². The van der Waals surface area contributed by atoms with Crippen LogP contribution >= 0.6 is 0 Å². The second-order valence-electron chi connectivity index (χ2n) is 9.11. The zero-order valence-corrected chi connectivity index (χ0v) is 21.1. The third-order valence-corrected chi connectivity index (χ3v) is 6.14. The first-order chi connectivity index (χ1) is 15.7. The molecular formula is C26H50N2O4. The lowest BCUT2D eigenvalue weighted by molar-refractivity contribution is -0.122. The summed E-state index contributed by atoms with van der Waals surface area (Å²) >= 11 is 0. The monoisotopic (exact) mass is 454 g/mol. The minimum absolute atomic E-state index is 0.430. The maximum Gasteiger partial charge on any atom is 0.135 e. The molecule has 0 saturated carbocycles. The molecule has 0 amide bonds. The van der Waals surface area contributed by atoms with Gasteiger partial charge >= 0.3 is 0 Å². The number of ketones is 2. The van der Waals surface area contributed by atoms with E-state index in [0.29, 0.717) is 11.6 Å². The fourth-order valence-corrected chi connectivity index (χ4v) is 3.83. The molecule has 2 aliphatic rings. The van der Waals surface area contributed by atoms with Crippen LogP contribution in [-0.2, 0) is 19.1 Å². The van der Waals surface area contributed by atoms with Crippen molar-refractivity contribution in [2.75, 3.05) is 65.7 Å². The molecular weight excluding hydrogens is 404 g/mol. The molecule has 0 aliphatic carbocycles. The smallest absolute Gasteiger partial charge is 0.135 e. The van der Waals surface area contributed by atoms with E-state index < -0.39 is 0 Å². The van der Waals surface area contributed by atoms with E-state index in [2.05, 4.69) is 23.6 Å². The van der Waals surface area contributed by atoms with E-state index in [-0.39, 0.29) is 0 Å². The molecule has 0 unspecified atom stereocenters. The molecule has 0 radical (unpaired) electrons. The number of hydrogen-bond donors (Lipinski definition) is 0. The largest absolute Gasteiger partial charge is 0.381 e. The Morgan fingerprint density at radius 3 is 1.25 bits per heavy atom. The molecule has 0 aromatic carbocycles. The van der Waals surface area contributed by atoms with Gasteiger partial charge in [-0.15, -0.1) is 0 Å². The molecule has 2 rings (SSSR count). The predicted octanol–water partition coefficient (Wildman–Crippen LogP) is 4.50. The van der Waals surface area contributed by atoms with Gasteiger partial charge in [-0.1, -0.05) is 26.7 Å². The lowest BCUT2D eigenvalue weighted by atomic mass is 10.1. The molecule has 2 aliphatic heterocycles. The highest BCUT2D eigenvalue weighted by Gasteiger charge is 2.15. The van der Waals surface area contributed by atoms with Gasteiger partial charge in [-0.2, -0.15) is 0 Å². The Kier molecular flexibility index (Phi) is 19.0. The van der Waals surface area contributed by atoms with Crippen molar-refractivity contribution in [2.45, 2.75) is 90.9 Å². The number of Topliss-reactive ketones (excluding diaryl/α,β-unsaturated/α-hetero) is 2. The minimum Gasteiger partial charge on any atom is -0.381 e. The van der Waals surface area contributed by atoms with E-state index in [9.17, 15) is 9.59 Å². The summed E-state index contributed by atoms with van der Waals surface area (Å²) < 4.78 is 11.0. The standard InChI is InChI=1S/2C13H25NO2/c2*1-2-3-11-16-12-5-4-8-14-9-6-13(15)7-10-14/h2*2-12H2,1H3. The van der Waals surface area contributed by atoms with E-state index in [1.807, 2.05) is 0 Å². The van der Waals surface area contributed by atoms with E-state index in [4.69, 9.17) is 9.47 Å². The van der Waals surface area contributed by atoms with Gasteiger partial charge in [0, 0.05) is 78.3 Å². The van der Waals surface area contributed by atoms with Crippen LogP contribution in [0.2, 0.25) is 0 Å². The van der Waals surface area contributed by atoms with Crippen molar-refractivity contribution < 1.29 is 19.1 Å². The zero-order valence-electron chi connectivity index (χ0n) is 21.1. The summed E-state index contributed by atoms with van der Waals surface area (Å²) in [7, 11) is 0. The quantitative estimate of drug-likeness (QED) is 0.320. The highest BCUT2D eigenvalue weighted by Crippen LogP contribution is 2.08. The Morgan fingerprint density at radius 2 is 0.906 bits per heavy atom. The fourth-order valence-electron chi connectivity index (χ4n) is 3.83. The first kappa shape index (κ1) is 29.2.